The fourth-order valence-electron chi connectivity index (χ4n) is 2.31. The third-order valence-electron chi connectivity index (χ3n) is 3.26. The number of hydrogen-bond acceptors (Lipinski definition) is 4. The van der Waals surface area contributed by atoms with Gasteiger partial charge in [-0.1, -0.05) is 0 Å². The lowest BCUT2D eigenvalue weighted by Gasteiger charge is -2.25. The van der Waals surface area contributed by atoms with Gasteiger partial charge in [0.1, 0.15) is 11.4 Å². The quantitative estimate of drug-likeness (QED) is 0.877. The lowest BCUT2D eigenvalue weighted by atomic mass is 10.1. The second-order valence-electron chi connectivity index (χ2n) is 4.92. The summed E-state index contributed by atoms with van der Waals surface area (Å²) in [5, 5.41) is 18.1. The van der Waals surface area contributed by atoms with Gasteiger partial charge in [0.25, 0.3) is 0 Å². The highest BCUT2D eigenvalue weighted by molar-refractivity contribution is 5.95. The molecule has 1 heterocycles. The van der Waals surface area contributed by atoms with Crippen LogP contribution in [0.3, 0.4) is 0 Å². The summed E-state index contributed by atoms with van der Waals surface area (Å²) < 4.78 is 0. The summed E-state index contributed by atoms with van der Waals surface area (Å²) >= 11 is 0. The standard InChI is InChI=1S/C14H17N3O2/c1-9-8-10(2)16-13(12(9)14(18)19)17(7-3-6-15)11-4-5-11/h8,11H,3-5,7H2,1-2H3,(H,18,19). The SMILES string of the molecule is Cc1cc(C)c(C(=O)O)c(N(CCC#N)C2CC2)n1. The Morgan fingerprint density at radius 3 is 2.79 bits per heavy atom. The largest absolute Gasteiger partial charge is 0.478 e. The smallest absolute Gasteiger partial charge is 0.339 e. The Kier molecular flexibility index (Phi) is 3.70. The molecule has 0 unspecified atom stereocenters. The fourth-order valence-corrected chi connectivity index (χ4v) is 2.31. The first-order valence-corrected chi connectivity index (χ1v) is 6.39. The van der Waals surface area contributed by atoms with Crippen LogP contribution < -0.4 is 4.90 Å². The van der Waals surface area contributed by atoms with Crippen LogP contribution in [0.2, 0.25) is 0 Å². The summed E-state index contributed by atoms with van der Waals surface area (Å²) in [6.45, 7) is 4.19. The number of pyridine rings is 1. The highest BCUT2D eigenvalue weighted by Gasteiger charge is 2.32. The van der Waals surface area contributed by atoms with Gasteiger partial charge in [-0.2, -0.15) is 5.26 Å². The van der Waals surface area contributed by atoms with Crippen LogP contribution in [0.1, 0.15) is 40.9 Å². The van der Waals surface area contributed by atoms with Crippen LogP contribution in [0, 0.1) is 25.2 Å². The zero-order chi connectivity index (χ0) is 14.0. The maximum Gasteiger partial charge on any atom is 0.339 e. The maximum atomic E-state index is 11.4. The Hall–Kier alpha value is -2.09. The van der Waals surface area contributed by atoms with E-state index in [1.54, 1.807) is 13.0 Å². The molecule has 0 aromatic carbocycles. The minimum atomic E-state index is -0.956. The van der Waals surface area contributed by atoms with E-state index in [-0.39, 0.29) is 5.56 Å². The highest BCUT2D eigenvalue weighted by Crippen LogP contribution is 2.33. The summed E-state index contributed by atoms with van der Waals surface area (Å²) in [7, 11) is 0. The van der Waals surface area contributed by atoms with Crippen LogP contribution in [0.5, 0.6) is 0 Å². The van der Waals surface area contributed by atoms with E-state index in [9.17, 15) is 9.90 Å². The van der Waals surface area contributed by atoms with E-state index in [2.05, 4.69) is 11.1 Å². The van der Waals surface area contributed by atoms with Gasteiger partial charge < -0.3 is 10.0 Å². The molecule has 100 valence electrons. The third-order valence-corrected chi connectivity index (χ3v) is 3.26. The predicted octanol–water partition coefficient (Wildman–Crippen LogP) is 2.28. The molecule has 0 amide bonds. The van der Waals surface area contributed by atoms with Crippen LogP contribution in [-0.4, -0.2) is 28.6 Å². The Morgan fingerprint density at radius 2 is 2.26 bits per heavy atom. The van der Waals surface area contributed by atoms with Gasteiger partial charge in [0, 0.05) is 18.3 Å². The summed E-state index contributed by atoms with van der Waals surface area (Å²) in [4.78, 5) is 17.8. The number of hydrogen-bond donors (Lipinski definition) is 1. The Morgan fingerprint density at radius 1 is 1.58 bits per heavy atom. The predicted molar refractivity (Wildman–Crippen MR) is 71.3 cm³/mol. The molecule has 0 radical (unpaired) electrons. The van der Waals surface area contributed by atoms with Crippen molar-refractivity contribution in [2.45, 2.75) is 39.2 Å². The Balaban J connectivity index is 2.45. The van der Waals surface area contributed by atoms with Crippen molar-refractivity contribution in [2.24, 2.45) is 0 Å². The van der Waals surface area contributed by atoms with Gasteiger partial charge in [0.05, 0.1) is 12.5 Å². The molecule has 1 aromatic heterocycles. The average molecular weight is 259 g/mol. The van der Waals surface area contributed by atoms with Gasteiger partial charge in [-0.25, -0.2) is 9.78 Å². The molecule has 1 saturated carbocycles. The molecule has 1 N–H and O–H groups in total. The zero-order valence-corrected chi connectivity index (χ0v) is 11.2. The van der Waals surface area contributed by atoms with Crippen molar-refractivity contribution in [3.63, 3.8) is 0 Å². The number of rotatable bonds is 5. The van der Waals surface area contributed by atoms with E-state index < -0.39 is 5.97 Å². The minimum Gasteiger partial charge on any atom is -0.478 e. The molecular formula is C14H17N3O2. The van der Waals surface area contributed by atoms with Gasteiger partial charge in [0.2, 0.25) is 0 Å². The highest BCUT2D eigenvalue weighted by atomic mass is 16.4. The molecule has 0 bridgehead atoms. The molecular weight excluding hydrogens is 242 g/mol. The summed E-state index contributed by atoms with van der Waals surface area (Å²) in [5.74, 6) is -0.439. The van der Waals surface area contributed by atoms with Crippen LogP contribution >= 0.6 is 0 Å². The number of carbonyl (C=O) groups is 1. The second-order valence-corrected chi connectivity index (χ2v) is 4.92. The number of aryl methyl sites for hydroxylation is 2. The van der Waals surface area contributed by atoms with E-state index in [1.165, 1.54) is 0 Å². The minimum absolute atomic E-state index is 0.260. The van der Waals surface area contributed by atoms with E-state index in [4.69, 9.17) is 5.26 Å². The summed E-state index contributed by atoms with van der Waals surface area (Å²) in [5.41, 5.74) is 1.79. The molecule has 0 spiro atoms. The average Bonchev–Trinajstić information content (AvgIpc) is 3.12. The van der Waals surface area contributed by atoms with Crippen molar-refractivity contribution in [1.29, 1.82) is 5.26 Å². The summed E-state index contributed by atoms with van der Waals surface area (Å²) in [6, 6.07) is 4.23. The first kappa shape index (κ1) is 13.3. The van der Waals surface area contributed by atoms with Crippen molar-refractivity contribution in [3.05, 3.63) is 22.9 Å². The lowest BCUT2D eigenvalue weighted by molar-refractivity contribution is 0.0696. The van der Waals surface area contributed by atoms with Crippen molar-refractivity contribution < 1.29 is 9.90 Å². The lowest BCUT2D eigenvalue weighted by Crippen LogP contribution is -2.30. The van der Waals surface area contributed by atoms with Crippen LogP contribution in [0.15, 0.2) is 6.07 Å². The molecule has 5 nitrogen and oxygen atoms in total. The summed E-state index contributed by atoms with van der Waals surface area (Å²) in [6.07, 6.45) is 2.46. The van der Waals surface area contributed by atoms with Crippen LogP contribution in [0.25, 0.3) is 0 Å². The number of anilines is 1. The van der Waals surface area contributed by atoms with Crippen molar-refractivity contribution in [2.75, 3.05) is 11.4 Å². The molecule has 0 atom stereocenters. The van der Waals surface area contributed by atoms with Gasteiger partial charge in [-0.05, 0) is 38.3 Å². The van der Waals surface area contributed by atoms with Crippen molar-refractivity contribution >= 4 is 11.8 Å². The normalized spacial score (nSPS) is 13.9. The number of nitrogens with zero attached hydrogens (tertiary/aromatic N) is 3. The monoisotopic (exact) mass is 259 g/mol. The number of carboxylic acid groups (broad SMARTS) is 1. The topological polar surface area (TPSA) is 77.2 Å². The molecule has 19 heavy (non-hydrogen) atoms. The van der Waals surface area contributed by atoms with Gasteiger partial charge >= 0.3 is 5.97 Å². The molecule has 1 aliphatic carbocycles. The van der Waals surface area contributed by atoms with Gasteiger partial charge in [-0.3, -0.25) is 0 Å². The van der Waals surface area contributed by atoms with Crippen molar-refractivity contribution in [3.8, 4) is 6.07 Å². The molecule has 2 rings (SSSR count). The molecule has 0 aliphatic heterocycles. The number of aromatic carboxylic acids is 1. The molecule has 5 heteroatoms. The van der Waals surface area contributed by atoms with E-state index in [0.717, 1.165) is 24.1 Å². The zero-order valence-electron chi connectivity index (χ0n) is 11.2. The first-order valence-electron chi connectivity index (χ1n) is 6.39. The van der Waals surface area contributed by atoms with E-state index in [0.29, 0.717) is 24.8 Å². The number of nitriles is 1. The fraction of sp³-hybridized carbons (Fsp3) is 0.500. The Labute approximate surface area is 112 Å². The van der Waals surface area contributed by atoms with E-state index >= 15 is 0 Å². The maximum absolute atomic E-state index is 11.4. The van der Waals surface area contributed by atoms with Gasteiger partial charge in [0.15, 0.2) is 0 Å². The third kappa shape index (κ3) is 2.84. The molecule has 1 aromatic rings. The Bertz CT molecular complexity index is 544. The van der Waals surface area contributed by atoms with Crippen LogP contribution in [-0.2, 0) is 0 Å². The molecule has 1 fully saturated rings. The number of aromatic nitrogens is 1. The van der Waals surface area contributed by atoms with Gasteiger partial charge in [-0.15, -0.1) is 0 Å². The first-order chi connectivity index (χ1) is 9.04. The molecule has 1 aliphatic rings. The second kappa shape index (κ2) is 5.27. The van der Waals surface area contributed by atoms with Crippen molar-refractivity contribution in [1.82, 2.24) is 4.98 Å². The number of carboxylic acids is 1. The van der Waals surface area contributed by atoms with Crippen LogP contribution in [0.4, 0.5) is 5.82 Å². The molecule has 0 saturated heterocycles. The van der Waals surface area contributed by atoms with E-state index in [1.807, 2.05) is 11.8 Å².